The minimum Gasteiger partial charge on any atom is -0.508 e. The summed E-state index contributed by atoms with van der Waals surface area (Å²) >= 11 is 8.50. The number of ether oxygens (including phenoxy) is 5. The molecule has 3 fully saturated rings. The standard InChI is InChI=1S/C69H83ClFN9O10S/c1-5-61(83)78-26-28-79(29-27-78)66-55-42-56(70)63(54-41-48(81)40-47-16-9-10-17-49(47)54)64(71)65(55)75-69(76-66)73-24-23-62(84)77(4)30-31-86-32-33-87-34-35-88-36-37-89-38-39-90-60-22-21-51(50-18-11-12-19-52(50)60)57-44-91-67(74-57)58-20-13-25-80(58)68(85)53(43-59(82)45(2)72-3)46-14-7-6-8-15-46/h5,9-12,16-19,21-22,40-42,44-46,53,58,72,81H,1,6-8,13-15,20,23-39,43H2,2-4H3,(H,73,75,76)/t45-,53-,58-/m0/s1. The van der Waals surface area contributed by atoms with Gasteiger partial charge in [-0.15, -0.1) is 11.3 Å². The number of anilines is 2. The average Bonchev–Trinajstić information content (AvgIpc) is 1.25. The van der Waals surface area contributed by atoms with Crippen molar-refractivity contribution in [2.24, 2.45) is 11.8 Å². The van der Waals surface area contributed by atoms with Crippen molar-refractivity contribution in [3.63, 3.8) is 0 Å². The van der Waals surface area contributed by atoms with Gasteiger partial charge in [0.2, 0.25) is 23.7 Å². The summed E-state index contributed by atoms with van der Waals surface area (Å²) in [4.78, 5) is 75.1. The second-order valence-corrected chi connectivity index (χ2v) is 24.7. The van der Waals surface area contributed by atoms with E-state index in [4.69, 9.17) is 45.3 Å². The van der Waals surface area contributed by atoms with Crippen molar-refractivity contribution >= 4 is 90.7 Å². The number of aromatic hydroxyl groups is 1. The van der Waals surface area contributed by atoms with E-state index in [9.17, 15) is 24.3 Å². The summed E-state index contributed by atoms with van der Waals surface area (Å²) in [6, 6.07) is 23.9. The number of likely N-dealkylation sites (N-methyl/N-ethyl adjacent to an activating group) is 2. The van der Waals surface area contributed by atoms with Crippen LogP contribution in [0.1, 0.15) is 75.8 Å². The minimum absolute atomic E-state index is 0.0106. The SMILES string of the molecule is C=CC(=O)N1CCN(c2nc(NCCC(=O)N(C)CCOCCOCCOCCOCCOc3ccc(-c4csc([C@@H]5CCCN5C(=O)[C@@H](CC(=O)[C@H](C)NC)C5CCCCC5)n4)c4ccccc34)nc3c(F)c(-c4cc(O)cc5ccccc45)c(Cl)cc23)CC1. The van der Waals surface area contributed by atoms with Crippen LogP contribution >= 0.6 is 22.9 Å². The number of carbonyl (C=O) groups excluding carboxylic acids is 4. The van der Waals surface area contributed by atoms with E-state index in [0.29, 0.717) is 126 Å². The molecule has 1 aliphatic carbocycles. The van der Waals surface area contributed by atoms with Crippen molar-refractivity contribution in [2.45, 2.75) is 76.8 Å². The number of Topliss-reactive ketones (excluding diaryl/α,β-unsaturated/α-hetero) is 1. The Balaban J connectivity index is 0.614. The number of hydrogen-bond acceptors (Lipinski definition) is 17. The Labute approximate surface area is 540 Å². The van der Waals surface area contributed by atoms with E-state index in [2.05, 4.69) is 45.8 Å². The van der Waals surface area contributed by atoms with Gasteiger partial charge in [0.15, 0.2) is 5.82 Å². The number of phenols is 1. The normalized spacial score (nSPS) is 16.2. The van der Waals surface area contributed by atoms with E-state index in [1.54, 1.807) is 47.4 Å². The quantitative estimate of drug-likeness (QED) is 0.0273. The van der Waals surface area contributed by atoms with Crippen LogP contribution in [0.2, 0.25) is 5.02 Å². The molecule has 2 aromatic heterocycles. The average molecular weight is 1280 g/mol. The van der Waals surface area contributed by atoms with E-state index >= 15 is 4.39 Å². The molecule has 1 saturated carbocycles. The highest BCUT2D eigenvalue weighted by Gasteiger charge is 2.40. The number of benzene rings is 5. The van der Waals surface area contributed by atoms with Gasteiger partial charge in [0, 0.05) is 98.9 Å². The molecule has 0 bridgehead atoms. The maximum atomic E-state index is 17.0. The molecule has 2 saturated heterocycles. The summed E-state index contributed by atoms with van der Waals surface area (Å²) in [5.74, 6) is 0.409. The second-order valence-electron chi connectivity index (χ2n) is 23.4. The van der Waals surface area contributed by atoms with Gasteiger partial charge in [0.25, 0.3) is 0 Å². The van der Waals surface area contributed by atoms with E-state index in [0.717, 1.165) is 71.3 Å². The van der Waals surface area contributed by atoms with Crippen molar-refractivity contribution in [3.05, 3.63) is 113 Å². The Morgan fingerprint density at radius 2 is 1.47 bits per heavy atom. The van der Waals surface area contributed by atoms with Gasteiger partial charge in [-0.1, -0.05) is 86.0 Å². The first kappa shape index (κ1) is 66.5. The Hall–Kier alpha value is -7.37. The number of rotatable bonds is 31. The zero-order chi connectivity index (χ0) is 63.8. The Bertz CT molecular complexity index is 3670. The highest BCUT2D eigenvalue weighted by atomic mass is 35.5. The largest absolute Gasteiger partial charge is 0.508 e. The van der Waals surface area contributed by atoms with E-state index in [1.165, 1.54) is 18.6 Å². The molecular formula is C69H83ClFN9O10S. The van der Waals surface area contributed by atoms with Crippen LogP contribution < -0.4 is 20.3 Å². The lowest BCUT2D eigenvalue weighted by Gasteiger charge is -2.35. The fourth-order valence-corrected chi connectivity index (χ4v) is 13.8. The van der Waals surface area contributed by atoms with Crippen molar-refractivity contribution < 1.29 is 52.4 Å². The first-order valence-corrected chi connectivity index (χ1v) is 33.0. The molecule has 3 aliphatic rings. The number of halogens is 2. The predicted octanol–water partition coefficient (Wildman–Crippen LogP) is 10.9. The molecule has 3 N–H and O–H groups in total. The van der Waals surface area contributed by atoms with Crippen LogP contribution in [0, 0.1) is 17.7 Å². The van der Waals surface area contributed by atoms with Crippen LogP contribution in [-0.4, -0.2) is 184 Å². The van der Waals surface area contributed by atoms with E-state index in [-0.39, 0.29) is 94.6 Å². The minimum atomic E-state index is -0.688. The fraction of sp³-hybridized carbons (Fsp3) is 0.464. The van der Waals surface area contributed by atoms with Crippen LogP contribution in [0.5, 0.6) is 11.5 Å². The van der Waals surface area contributed by atoms with E-state index in [1.807, 2.05) is 59.2 Å². The number of likely N-dealkylation sites (tertiary alicyclic amines) is 1. The van der Waals surface area contributed by atoms with Gasteiger partial charge in [0.1, 0.15) is 40.2 Å². The predicted molar refractivity (Wildman–Crippen MR) is 355 cm³/mol. The molecule has 484 valence electrons. The van der Waals surface area contributed by atoms with E-state index < -0.39 is 5.82 Å². The number of nitrogens with one attached hydrogen (secondary N) is 2. The van der Waals surface area contributed by atoms with Gasteiger partial charge in [-0.25, -0.2) is 14.4 Å². The maximum absolute atomic E-state index is 17.0. The first-order chi connectivity index (χ1) is 44.3. The molecule has 3 amide bonds. The van der Waals surface area contributed by atoms with Crippen LogP contribution in [0.15, 0.2) is 96.9 Å². The third-order valence-electron chi connectivity index (χ3n) is 17.6. The van der Waals surface area contributed by atoms with Crippen molar-refractivity contribution in [2.75, 3.05) is 130 Å². The van der Waals surface area contributed by atoms with Crippen LogP contribution in [0.3, 0.4) is 0 Å². The van der Waals surface area contributed by atoms with Gasteiger partial charge in [-0.3, -0.25) is 19.2 Å². The lowest BCUT2D eigenvalue weighted by Crippen LogP contribution is -2.48. The molecule has 7 aromatic rings. The number of aromatic nitrogens is 3. The molecule has 0 radical (unpaired) electrons. The van der Waals surface area contributed by atoms with Crippen molar-refractivity contribution in [1.82, 2.24) is 35.0 Å². The molecule has 3 atom stereocenters. The van der Waals surface area contributed by atoms with Crippen LogP contribution in [0.4, 0.5) is 16.2 Å². The first-order valence-electron chi connectivity index (χ1n) is 31.8. The smallest absolute Gasteiger partial charge is 0.246 e. The monoisotopic (exact) mass is 1280 g/mol. The fourth-order valence-electron chi connectivity index (χ4n) is 12.5. The molecule has 10 rings (SSSR count). The van der Waals surface area contributed by atoms with Crippen molar-refractivity contribution in [3.8, 4) is 33.9 Å². The summed E-state index contributed by atoms with van der Waals surface area (Å²) in [5.41, 5.74) is 2.37. The molecular weight excluding hydrogens is 1200 g/mol. The summed E-state index contributed by atoms with van der Waals surface area (Å²) in [6.45, 7) is 11.6. The molecule has 4 heterocycles. The summed E-state index contributed by atoms with van der Waals surface area (Å²) in [6.07, 6.45) is 8.85. The molecule has 91 heavy (non-hydrogen) atoms. The van der Waals surface area contributed by atoms with Crippen LogP contribution in [0.25, 0.3) is 54.8 Å². The highest BCUT2D eigenvalue weighted by Crippen LogP contribution is 2.44. The Morgan fingerprint density at radius 1 is 0.791 bits per heavy atom. The molecule has 22 heteroatoms. The van der Waals surface area contributed by atoms with Gasteiger partial charge in [-0.05, 0) is 104 Å². The van der Waals surface area contributed by atoms with Gasteiger partial charge < -0.3 is 59.0 Å². The Kier molecular flexibility index (Phi) is 23.6. The van der Waals surface area contributed by atoms with Crippen LogP contribution in [-0.2, 0) is 38.1 Å². The molecule has 0 unspecified atom stereocenters. The molecule has 0 spiro atoms. The third kappa shape index (κ3) is 16.5. The summed E-state index contributed by atoms with van der Waals surface area (Å²) in [5, 5.41) is 23.8. The Morgan fingerprint density at radius 3 is 2.19 bits per heavy atom. The zero-order valence-corrected chi connectivity index (χ0v) is 53.8. The summed E-state index contributed by atoms with van der Waals surface area (Å²) < 4.78 is 46.2. The molecule has 2 aliphatic heterocycles. The molecule has 19 nitrogen and oxygen atoms in total. The van der Waals surface area contributed by atoms with Gasteiger partial charge in [-0.2, -0.15) is 4.98 Å². The maximum Gasteiger partial charge on any atom is 0.246 e. The number of fused-ring (bicyclic) bond motifs is 3. The topological polar surface area (TPSA) is 210 Å². The molecule has 5 aromatic carbocycles. The number of carbonyl (C=O) groups is 4. The van der Waals surface area contributed by atoms with Crippen molar-refractivity contribution in [1.29, 1.82) is 0 Å². The number of amides is 3. The lowest BCUT2D eigenvalue weighted by molar-refractivity contribution is -0.141. The number of nitrogens with zero attached hydrogens (tertiary/aromatic N) is 7. The summed E-state index contributed by atoms with van der Waals surface area (Å²) in [7, 11) is 3.50. The zero-order valence-electron chi connectivity index (χ0n) is 52.3. The third-order valence-corrected chi connectivity index (χ3v) is 18.9. The number of phenolic OH excluding ortho intramolecular Hbond substituents is 1. The number of ketones is 1. The van der Waals surface area contributed by atoms with Gasteiger partial charge in [0.05, 0.1) is 75.7 Å². The second kappa shape index (κ2) is 32.3. The number of thiazole rings is 1. The number of piperazine rings is 1. The lowest BCUT2D eigenvalue weighted by atomic mass is 9.76. The van der Waals surface area contributed by atoms with Gasteiger partial charge >= 0.3 is 0 Å². The highest BCUT2D eigenvalue weighted by molar-refractivity contribution is 7.10. The number of hydrogen-bond donors (Lipinski definition) is 3.